The molecule has 0 aromatic rings. The van der Waals surface area contributed by atoms with E-state index >= 15 is 0 Å². The molecule has 0 atom stereocenters. The molecule has 3 rings (SSSR count). The molecule has 0 amide bonds. The van der Waals surface area contributed by atoms with Crippen LogP contribution in [0.15, 0.2) is 4.99 Å². The van der Waals surface area contributed by atoms with Gasteiger partial charge in [-0.1, -0.05) is 0 Å². The first-order valence-electron chi connectivity index (χ1n) is 9.29. The van der Waals surface area contributed by atoms with Crippen LogP contribution in [-0.4, -0.2) is 56.4 Å². The van der Waals surface area contributed by atoms with Crippen LogP contribution in [0.1, 0.15) is 45.4 Å². The number of halogens is 4. The normalized spacial score (nSPS) is 24.2. The largest absolute Gasteiger partial charge is 0.511 e. The lowest BCUT2D eigenvalue weighted by Gasteiger charge is -2.32. The Morgan fingerprint density at radius 2 is 1.78 bits per heavy atom. The molecule has 0 aromatic heterocycles. The van der Waals surface area contributed by atoms with Gasteiger partial charge in [-0.15, -0.1) is 24.0 Å². The van der Waals surface area contributed by atoms with Gasteiger partial charge in [-0.05, 0) is 56.8 Å². The second kappa shape index (κ2) is 8.60. The quantitative estimate of drug-likeness (QED) is 0.319. The first kappa shape index (κ1) is 23.0. The third kappa shape index (κ3) is 5.40. The van der Waals surface area contributed by atoms with E-state index in [2.05, 4.69) is 10.6 Å². The summed E-state index contributed by atoms with van der Waals surface area (Å²) >= 11 is 0. The van der Waals surface area contributed by atoms with Crippen molar-refractivity contribution in [2.45, 2.75) is 57.0 Å². The fraction of sp³-hybridized carbons (Fsp3) is 0.938. The van der Waals surface area contributed by atoms with Crippen molar-refractivity contribution in [3.8, 4) is 0 Å². The summed E-state index contributed by atoms with van der Waals surface area (Å²) in [5.74, 6) is 1.49. The van der Waals surface area contributed by atoms with E-state index in [0.29, 0.717) is 35.1 Å². The third-order valence-corrected chi connectivity index (χ3v) is 7.29. The van der Waals surface area contributed by atoms with E-state index in [4.69, 9.17) is 4.99 Å². The second-order valence-corrected chi connectivity index (χ2v) is 9.53. The molecule has 2 aliphatic carbocycles. The van der Waals surface area contributed by atoms with Gasteiger partial charge in [-0.2, -0.15) is 17.5 Å². The minimum atomic E-state index is -5.23. The van der Waals surface area contributed by atoms with Crippen LogP contribution in [0.4, 0.5) is 13.2 Å². The van der Waals surface area contributed by atoms with Crippen molar-refractivity contribution in [2.24, 2.45) is 16.3 Å². The highest BCUT2D eigenvalue weighted by Gasteiger charge is 2.53. The third-order valence-electron chi connectivity index (χ3n) is 5.66. The molecule has 3 aliphatic rings. The van der Waals surface area contributed by atoms with Gasteiger partial charge in [0, 0.05) is 32.2 Å². The summed E-state index contributed by atoms with van der Waals surface area (Å²) in [6.07, 6.45) is 5.71. The van der Waals surface area contributed by atoms with Crippen molar-refractivity contribution in [2.75, 3.05) is 26.2 Å². The van der Waals surface area contributed by atoms with Crippen LogP contribution in [0.25, 0.3) is 0 Å². The molecule has 0 bridgehead atoms. The monoisotopic (exact) mass is 524 g/mol. The minimum absolute atomic E-state index is 0. The van der Waals surface area contributed by atoms with Gasteiger partial charge in [-0.3, -0.25) is 4.99 Å². The fourth-order valence-corrected chi connectivity index (χ4v) is 4.67. The van der Waals surface area contributed by atoms with Crippen LogP contribution < -0.4 is 10.6 Å². The number of aliphatic imine (C=N–C) groups is 1. The number of nitrogens with one attached hydrogen (secondary N) is 2. The first-order chi connectivity index (χ1) is 12.2. The van der Waals surface area contributed by atoms with E-state index < -0.39 is 15.5 Å². The maximum atomic E-state index is 12.6. The van der Waals surface area contributed by atoms with Gasteiger partial charge in [0.25, 0.3) is 0 Å². The molecule has 1 saturated heterocycles. The van der Waals surface area contributed by atoms with Gasteiger partial charge in [0.05, 0.1) is 0 Å². The maximum Gasteiger partial charge on any atom is 0.511 e. The van der Waals surface area contributed by atoms with Crippen molar-refractivity contribution in [1.29, 1.82) is 0 Å². The van der Waals surface area contributed by atoms with Gasteiger partial charge in [0.1, 0.15) is 0 Å². The Hall–Kier alpha value is -0.300. The van der Waals surface area contributed by atoms with Gasteiger partial charge < -0.3 is 10.6 Å². The van der Waals surface area contributed by atoms with E-state index in [1.807, 2.05) is 6.92 Å². The Balaban J connectivity index is 0.00000261. The van der Waals surface area contributed by atoms with Crippen molar-refractivity contribution in [3.05, 3.63) is 0 Å². The molecule has 3 fully saturated rings. The number of sulfonamides is 1. The average Bonchev–Trinajstić information content (AvgIpc) is 3.46. The van der Waals surface area contributed by atoms with Crippen LogP contribution in [0, 0.1) is 11.3 Å². The summed E-state index contributed by atoms with van der Waals surface area (Å²) in [7, 11) is -5.23. The van der Waals surface area contributed by atoms with E-state index in [1.165, 1.54) is 25.7 Å². The predicted octanol–water partition coefficient (Wildman–Crippen LogP) is 2.66. The number of piperidine rings is 1. The second-order valence-electron chi connectivity index (χ2n) is 7.60. The number of alkyl halides is 3. The molecular weight excluding hydrogens is 496 g/mol. The van der Waals surface area contributed by atoms with Crippen LogP contribution in [-0.2, 0) is 10.0 Å². The Bertz CT molecular complexity index is 641. The van der Waals surface area contributed by atoms with Gasteiger partial charge in [0.2, 0.25) is 0 Å². The molecule has 0 aromatic carbocycles. The molecule has 0 unspecified atom stereocenters. The number of nitrogens with zero attached hydrogens (tertiary/aromatic N) is 2. The van der Waals surface area contributed by atoms with E-state index in [0.717, 1.165) is 12.5 Å². The van der Waals surface area contributed by atoms with E-state index in [-0.39, 0.29) is 43.1 Å². The summed E-state index contributed by atoms with van der Waals surface area (Å²) in [6, 6.07) is -0.0800. The number of hydrogen-bond acceptors (Lipinski definition) is 3. The molecule has 1 heterocycles. The molecule has 6 nitrogen and oxygen atoms in total. The van der Waals surface area contributed by atoms with Crippen molar-refractivity contribution < 1.29 is 21.6 Å². The molecule has 0 radical (unpaired) electrons. The van der Waals surface area contributed by atoms with Crippen molar-refractivity contribution in [3.63, 3.8) is 0 Å². The average molecular weight is 524 g/mol. The standard InChI is InChI=1S/C16H27F3N4O2S.HI/c1-2-20-14(21-11-15(7-8-15)12-3-4-12)22-13-5-9-23(10-6-13)26(24,25)16(17,18)19;/h12-13H,2-11H2,1H3,(H2,20,21,22);1H. The zero-order valence-electron chi connectivity index (χ0n) is 15.4. The molecule has 0 spiro atoms. The minimum Gasteiger partial charge on any atom is -0.357 e. The van der Waals surface area contributed by atoms with Gasteiger partial charge in [0.15, 0.2) is 5.96 Å². The number of guanidine groups is 1. The number of rotatable bonds is 6. The van der Waals surface area contributed by atoms with E-state index in [9.17, 15) is 21.6 Å². The summed E-state index contributed by atoms with van der Waals surface area (Å²) in [4.78, 5) is 4.69. The summed E-state index contributed by atoms with van der Waals surface area (Å²) < 4.78 is 61.4. The first-order valence-corrected chi connectivity index (χ1v) is 10.7. The zero-order valence-corrected chi connectivity index (χ0v) is 18.5. The Morgan fingerprint density at radius 1 is 1.19 bits per heavy atom. The molecular formula is C16H28F3IN4O2S. The Labute approximate surface area is 175 Å². The molecule has 11 heteroatoms. The SMILES string of the molecule is CCNC(=NCC1(C2CC2)CC1)NC1CCN(S(=O)(=O)C(F)(F)F)CC1.I. The highest BCUT2D eigenvalue weighted by Crippen LogP contribution is 2.61. The fourth-order valence-electron chi connectivity index (χ4n) is 3.69. The summed E-state index contributed by atoms with van der Waals surface area (Å²) in [5, 5.41) is 6.45. The zero-order chi connectivity index (χ0) is 19.0. The topological polar surface area (TPSA) is 73.8 Å². The summed E-state index contributed by atoms with van der Waals surface area (Å²) in [6.45, 7) is 3.18. The van der Waals surface area contributed by atoms with Crippen LogP contribution in [0.3, 0.4) is 0 Å². The number of hydrogen-bond donors (Lipinski definition) is 2. The molecule has 2 N–H and O–H groups in total. The lowest BCUT2D eigenvalue weighted by atomic mass is 10.0. The molecule has 2 saturated carbocycles. The van der Waals surface area contributed by atoms with Crippen LogP contribution >= 0.6 is 24.0 Å². The van der Waals surface area contributed by atoms with Crippen LogP contribution in [0.2, 0.25) is 0 Å². The Kier molecular flexibility index (Phi) is 7.32. The highest BCUT2D eigenvalue weighted by molar-refractivity contribution is 14.0. The van der Waals surface area contributed by atoms with Gasteiger partial charge in [-0.25, -0.2) is 8.42 Å². The maximum absolute atomic E-state index is 12.6. The predicted molar refractivity (Wildman–Crippen MR) is 108 cm³/mol. The summed E-state index contributed by atoms with van der Waals surface area (Å²) in [5.41, 5.74) is -4.85. The lowest BCUT2D eigenvalue weighted by molar-refractivity contribution is -0.0494. The molecule has 158 valence electrons. The molecule has 1 aliphatic heterocycles. The van der Waals surface area contributed by atoms with Crippen LogP contribution in [0.5, 0.6) is 0 Å². The van der Waals surface area contributed by atoms with E-state index in [1.54, 1.807) is 0 Å². The van der Waals surface area contributed by atoms with Gasteiger partial charge >= 0.3 is 15.5 Å². The molecule has 27 heavy (non-hydrogen) atoms. The smallest absolute Gasteiger partial charge is 0.357 e. The van der Waals surface area contributed by atoms with Crippen molar-refractivity contribution in [1.82, 2.24) is 14.9 Å². The Morgan fingerprint density at radius 3 is 2.22 bits per heavy atom. The lowest BCUT2D eigenvalue weighted by Crippen LogP contribution is -2.51. The van der Waals surface area contributed by atoms with Crippen molar-refractivity contribution >= 4 is 40.0 Å². The highest BCUT2D eigenvalue weighted by atomic mass is 127.